The predicted octanol–water partition coefficient (Wildman–Crippen LogP) is 1.94. The number of rotatable bonds is 6. The maximum absolute atomic E-state index is 11.8. The Labute approximate surface area is 129 Å². The van der Waals surface area contributed by atoms with Gasteiger partial charge in [0.25, 0.3) is 11.8 Å². The number of hydrogen-bond acceptors (Lipinski definition) is 3. The van der Waals surface area contributed by atoms with Crippen molar-refractivity contribution in [3.63, 3.8) is 0 Å². The highest BCUT2D eigenvalue weighted by atomic mass is 16.3. The number of amides is 2. The molecule has 0 saturated heterocycles. The summed E-state index contributed by atoms with van der Waals surface area (Å²) in [5.41, 5.74) is 1.03. The molecule has 2 aromatic carbocycles. The number of phenols is 1. The second-order valence-corrected chi connectivity index (χ2v) is 4.78. The second kappa shape index (κ2) is 7.83. The molecule has 0 aliphatic heterocycles. The van der Waals surface area contributed by atoms with E-state index >= 15 is 0 Å². The van der Waals surface area contributed by atoms with Crippen LogP contribution in [0.2, 0.25) is 0 Å². The number of carbonyl (C=O) groups excluding carboxylic acids is 2. The number of phenolic OH excluding ortho intramolecular Hbond substituents is 1. The zero-order valence-corrected chi connectivity index (χ0v) is 12.1. The third-order valence-electron chi connectivity index (χ3n) is 3.07. The van der Waals surface area contributed by atoms with Gasteiger partial charge in [-0.25, -0.2) is 0 Å². The van der Waals surface area contributed by atoms with E-state index in [1.54, 1.807) is 24.3 Å². The van der Waals surface area contributed by atoms with E-state index in [0.29, 0.717) is 30.6 Å². The van der Waals surface area contributed by atoms with E-state index in [0.717, 1.165) is 0 Å². The van der Waals surface area contributed by atoms with Gasteiger partial charge in [-0.2, -0.15) is 0 Å². The molecule has 0 fully saturated rings. The first-order chi connectivity index (χ1) is 10.7. The summed E-state index contributed by atoms with van der Waals surface area (Å²) in [6.45, 7) is 0.928. The molecule has 2 rings (SSSR count). The van der Waals surface area contributed by atoms with Gasteiger partial charge in [0.2, 0.25) is 0 Å². The van der Waals surface area contributed by atoms with Crippen molar-refractivity contribution in [3.8, 4) is 5.75 Å². The molecule has 114 valence electrons. The molecule has 0 unspecified atom stereocenters. The Kier molecular flexibility index (Phi) is 5.54. The van der Waals surface area contributed by atoms with Gasteiger partial charge in [-0.05, 0) is 36.8 Å². The molecule has 0 aromatic heterocycles. The highest BCUT2D eigenvalue weighted by Gasteiger charge is 2.06. The van der Waals surface area contributed by atoms with Gasteiger partial charge >= 0.3 is 0 Å². The average molecular weight is 298 g/mol. The van der Waals surface area contributed by atoms with Gasteiger partial charge in [0.05, 0.1) is 0 Å². The molecule has 22 heavy (non-hydrogen) atoms. The number of nitrogens with one attached hydrogen (secondary N) is 2. The maximum Gasteiger partial charge on any atom is 0.251 e. The number of aromatic hydroxyl groups is 1. The Hall–Kier alpha value is -2.82. The lowest BCUT2D eigenvalue weighted by Crippen LogP contribution is -2.29. The van der Waals surface area contributed by atoms with Crippen molar-refractivity contribution in [1.29, 1.82) is 0 Å². The molecule has 0 saturated carbocycles. The normalized spacial score (nSPS) is 10.0. The van der Waals surface area contributed by atoms with Crippen LogP contribution in [0.3, 0.4) is 0 Å². The number of carbonyl (C=O) groups is 2. The van der Waals surface area contributed by atoms with Crippen molar-refractivity contribution in [2.75, 3.05) is 13.1 Å². The van der Waals surface area contributed by atoms with Crippen LogP contribution in [-0.4, -0.2) is 30.0 Å². The minimum Gasteiger partial charge on any atom is -0.508 e. The first kappa shape index (κ1) is 15.6. The second-order valence-electron chi connectivity index (χ2n) is 4.78. The summed E-state index contributed by atoms with van der Waals surface area (Å²) in [6, 6.07) is 15.1. The molecular formula is C17H18N2O3. The van der Waals surface area contributed by atoms with Crippen molar-refractivity contribution in [1.82, 2.24) is 10.6 Å². The summed E-state index contributed by atoms with van der Waals surface area (Å²) in [6.07, 6.45) is 0.628. The van der Waals surface area contributed by atoms with E-state index in [4.69, 9.17) is 0 Å². The lowest BCUT2D eigenvalue weighted by molar-refractivity contribution is 0.0951. The molecule has 5 nitrogen and oxygen atoms in total. The Bertz CT molecular complexity index is 641. The van der Waals surface area contributed by atoms with E-state index in [-0.39, 0.29) is 17.6 Å². The molecule has 0 atom stereocenters. The van der Waals surface area contributed by atoms with Crippen molar-refractivity contribution < 1.29 is 14.7 Å². The Morgan fingerprint density at radius 3 is 2.05 bits per heavy atom. The fourth-order valence-corrected chi connectivity index (χ4v) is 1.93. The fraction of sp³-hybridized carbons (Fsp3) is 0.176. The van der Waals surface area contributed by atoms with Gasteiger partial charge < -0.3 is 15.7 Å². The van der Waals surface area contributed by atoms with Gasteiger partial charge in [-0.15, -0.1) is 0 Å². The molecular weight excluding hydrogens is 280 g/mol. The lowest BCUT2D eigenvalue weighted by atomic mass is 10.2. The highest BCUT2D eigenvalue weighted by molar-refractivity contribution is 5.94. The van der Waals surface area contributed by atoms with Gasteiger partial charge in [0, 0.05) is 24.2 Å². The van der Waals surface area contributed by atoms with E-state index in [9.17, 15) is 14.7 Å². The van der Waals surface area contributed by atoms with Crippen LogP contribution < -0.4 is 10.6 Å². The maximum atomic E-state index is 11.8. The first-order valence-corrected chi connectivity index (χ1v) is 7.07. The Morgan fingerprint density at radius 1 is 0.818 bits per heavy atom. The summed E-state index contributed by atoms with van der Waals surface area (Å²) < 4.78 is 0. The van der Waals surface area contributed by atoms with Crippen molar-refractivity contribution >= 4 is 11.8 Å². The number of hydrogen-bond donors (Lipinski definition) is 3. The molecule has 2 aromatic rings. The summed E-state index contributed by atoms with van der Waals surface area (Å²) in [5, 5.41) is 14.8. The molecule has 2 amide bonds. The standard InChI is InChI=1S/C17H18N2O3/c20-15-9-4-8-14(12-15)17(22)19-11-5-10-18-16(21)13-6-2-1-3-7-13/h1-4,6-9,12,20H,5,10-11H2,(H,18,21)(H,19,22). The minimum atomic E-state index is -0.245. The summed E-state index contributed by atoms with van der Waals surface area (Å²) >= 11 is 0. The van der Waals surface area contributed by atoms with Crippen LogP contribution in [0.15, 0.2) is 54.6 Å². The van der Waals surface area contributed by atoms with Crippen LogP contribution in [-0.2, 0) is 0 Å². The van der Waals surface area contributed by atoms with Crippen molar-refractivity contribution in [2.24, 2.45) is 0 Å². The molecule has 0 bridgehead atoms. The Balaban J connectivity index is 1.67. The summed E-state index contributed by atoms with van der Waals surface area (Å²) in [4.78, 5) is 23.6. The van der Waals surface area contributed by atoms with Gasteiger partial charge in [0.15, 0.2) is 0 Å². The average Bonchev–Trinajstić information content (AvgIpc) is 2.55. The molecule has 0 aliphatic rings. The molecule has 0 heterocycles. The van der Waals surface area contributed by atoms with Gasteiger partial charge in [-0.3, -0.25) is 9.59 Å². The van der Waals surface area contributed by atoms with Crippen LogP contribution in [0.1, 0.15) is 27.1 Å². The van der Waals surface area contributed by atoms with Crippen LogP contribution in [0.5, 0.6) is 5.75 Å². The van der Waals surface area contributed by atoms with E-state index in [1.165, 1.54) is 12.1 Å². The SMILES string of the molecule is O=C(NCCCNC(=O)c1cccc(O)c1)c1ccccc1. The summed E-state index contributed by atoms with van der Waals surface area (Å²) in [7, 11) is 0. The monoisotopic (exact) mass is 298 g/mol. The molecule has 3 N–H and O–H groups in total. The zero-order chi connectivity index (χ0) is 15.8. The Morgan fingerprint density at radius 2 is 1.41 bits per heavy atom. The van der Waals surface area contributed by atoms with Crippen molar-refractivity contribution in [3.05, 3.63) is 65.7 Å². The fourth-order valence-electron chi connectivity index (χ4n) is 1.93. The van der Waals surface area contributed by atoms with E-state index in [2.05, 4.69) is 10.6 Å². The highest BCUT2D eigenvalue weighted by Crippen LogP contribution is 2.10. The zero-order valence-electron chi connectivity index (χ0n) is 12.1. The van der Waals surface area contributed by atoms with Crippen LogP contribution in [0, 0.1) is 0 Å². The third kappa shape index (κ3) is 4.63. The first-order valence-electron chi connectivity index (χ1n) is 7.07. The van der Waals surface area contributed by atoms with Gasteiger partial charge in [0.1, 0.15) is 5.75 Å². The molecule has 0 radical (unpaired) electrons. The van der Waals surface area contributed by atoms with Crippen molar-refractivity contribution in [2.45, 2.75) is 6.42 Å². The van der Waals surface area contributed by atoms with Gasteiger partial charge in [-0.1, -0.05) is 24.3 Å². The summed E-state index contributed by atoms with van der Waals surface area (Å²) in [5.74, 6) is -0.312. The quantitative estimate of drug-likeness (QED) is 0.713. The largest absolute Gasteiger partial charge is 0.508 e. The smallest absolute Gasteiger partial charge is 0.251 e. The number of benzene rings is 2. The topological polar surface area (TPSA) is 78.4 Å². The third-order valence-corrected chi connectivity index (χ3v) is 3.07. The van der Waals surface area contributed by atoms with E-state index in [1.807, 2.05) is 18.2 Å². The molecule has 0 spiro atoms. The molecule has 5 heteroatoms. The van der Waals surface area contributed by atoms with Crippen LogP contribution >= 0.6 is 0 Å². The van der Waals surface area contributed by atoms with Crippen LogP contribution in [0.4, 0.5) is 0 Å². The van der Waals surface area contributed by atoms with Crippen LogP contribution in [0.25, 0.3) is 0 Å². The molecule has 0 aliphatic carbocycles. The minimum absolute atomic E-state index is 0.0581. The lowest BCUT2D eigenvalue weighted by Gasteiger charge is -2.07. The van der Waals surface area contributed by atoms with E-state index < -0.39 is 0 Å². The predicted molar refractivity (Wildman–Crippen MR) is 83.8 cm³/mol.